The Bertz CT molecular complexity index is 1030. The van der Waals surface area contributed by atoms with E-state index in [4.69, 9.17) is 9.47 Å². The summed E-state index contributed by atoms with van der Waals surface area (Å²) in [4.78, 5) is 21.6. The third-order valence-electron chi connectivity index (χ3n) is 4.55. The number of halogens is 1. The summed E-state index contributed by atoms with van der Waals surface area (Å²) in [7, 11) is 3.41. The Morgan fingerprint density at radius 2 is 2.15 bits per heavy atom. The number of hydrogen-bond acceptors (Lipinski definition) is 4. The standard InChI is InChI=1S/C20H20FN3O3/c1-11-22-15-8-12(20(25)24(2)3)9-18(19(15)23-11)27-16-6-7-26-17-10-13(21)4-5-14(16)17/h4-5,8-10,16H,6-7H2,1-3H3,(H,22,23)/t16-/m1/s1. The van der Waals surface area contributed by atoms with E-state index < -0.39 is 0 Å². The average molecular weight is 369 g/mol. The molecule has 1 N–H and O–H groups in total. The lowest BCUT2D eigenvalue weighted by molar-refractivity contribution is 0.0826. The molecule has 4 rings (SSSR count). The second-order valence-corrected chi connectivity index (χ2v) is 6.82. The van der Waals surface area contributed by atoms with E-state index in [1.165, 1.54) is 17.0 Å². The van der Waals surface area contributed by atoms with Crippen LogP contribution < -0.4 is 9.47 Å². The zero-order valence-corrected chi connectivity index (χ0v) is 15.4. The van der Waals surface area contributed by atoms with Crippen LogP contribution in [0.4, 0.5) is 4.39 Å². The minimum absolute atomic E-state index is 0.122. The van der Waals surface area contributed by atoms with Gasteiger partial charge in [-0.25, -0.2) is 9.37 Å². The summed E-state index contributed by atoms with van der Waals surface area (Å²) in [6, 6.07) is 7.92. The summed E-state index contributed by atoms with van der Waals surface area (Å²) in [6.45, 7) is 2.28. The Balaban J connectivity index is 1.77. The molecule has 3 aromatic rings. The first-order chi connectivity index (χ1) is 12.9. The third kappa shape index (κ3) is 3.20. The van der Waals surface area contributed by atoms with Gasteiger partial charge in [0.2, 0.25) is 0 Å². The van der Waals surface area contributed by atoms with Gasteiger partial charge >= 0.3 is 0 Å². The van der Waals surface area contributed by atoms with Crippen LogP contribution in [-0.2, 0) is 0 Å². The summed E-state index contributed by atoms with van der Waals surface area (Å²) < 4.78 is 25.3. The summed E-state index contributed by atoms with van der Waals surface area (Å²) in [5.74, 6) is 1.27. The van der Waals surface area contributed by atoms with Crippen molar-refractivity contribution in [3.63, 3.8) is 0 Å². The van der Waals surface area contributed by atoms with Crippen LogP contribution in [0.1, 0.15) is 34.3 Å². The first-order valence-corrected chi connectivity index (χ1v) is 8.73. The van der Waals surface area contributed by atoms with E-state index in [1.807, 2.05) is 6.92 Å². The van der Waals surface area contributed by atoms with E-state index in [1.54, 1.807) is 32.3 Å². The number of aromatic amines is 1. The number of nitrogens with zero attached hydrogens (tertiary/aromatic N) is 2. The second-order valence-electron chi connectivity index (χ2n) is 6.82. The number of aryl methyl sites for hydroxylation is 1. The van der Waals surface area contributed by atoms with E-state index in [-0.39, 0.29) is 17.8 Å². The molecule has 1 aliphatic heterocycles. The van der Waals surface area contributed by atoms with Crippen molar-refractivity contribution in [2.24, 2.45) is 0 Å². The van der Waals surface area contributed by atoms with Gasteiger partial charge in [-0.2, -0.15) is 0 Å². The molecule has 1 aliphatic rings. The van der Waals surface area contributed by atoms with Crippen molar-refractivity contribution in [2.75, 3.05) is 20.7 Å². The number of imidazole rings is 1. The van der Waals surface area contributed by atoms with Gasteiger partial charge in [0.1, 0.15) is 34.8 Å². The fourth-order valence-electron chi connectivity index (χ4n) is 3.29. The molecule has 0 saturated heterocycles. The highest BCUT2D eigenvalue weighted by atomic mass is 19.1. The van der Waals surface area contributed by atoms with Gasteiger partial charge in [0.05, 0.1) is 12.1 Å². The van der Waals surface area contributed by atoms with Crippen molar-refractivity contribution >= 4 is 16.9 Å². The highest BCUT2D eigenvalue weighted by molar-refractivity contribution is 5.99. The molecule has 7 heteroatoms. The quantitative estimate of drug-likeness (QED) is 0.766. The van der Waals surface area contributed by atoms with Crippen LogP contribution in [0.2, 0.25) is 0 Å². The lowest BCUT2D eigenvalue weighted by atomic mass is 10.0. The van der Waals surface area contributed by atoms with Crippen LogP contribution in [0.5, 0.6) is 11.5 Å². The normalized spacial score (nSPS) is 15.9. The smallest absolute Gasteiger partial charge is 0.253 e. The van der Waals surface area contributed by atoms with Crippen LogP contribution in [0, 0.1) is 12.7 Å². The van der Waals surface area contributed by atoms with Crippen molar-refractivity contribution in [2.45, 2.75) is 19.4 Å². The third-order valence-corrected chi connectivity index (χ3v) is 4.55. The SMILES string of the molecule is Cc1nc2c(O[C@@H]3CCOc4cc(F)ccc43)cc(C(=O)N(C)C)cc2[nH]1. The minimum Gasteiger partial charge on any atom is -0.493 e. The van der Waals surface area contributed by atoms with Crippen LogP contribution in [-0.4, -0.2) is 41.5 Å². The molecule has 0 aliphatic carbocycles. The van der Waals surface area contributed by atoms with Gasteiger partial charge < -0.3 is 19.4 Å². The van der Waals surface area contributed by atoms with Crippen LogP contribution in [0.15, 0.2) is 30.3 Å². The predicted octanol–water partition coefficient (Wildman–Crippen LogP) is 3.61. The minimum atomic E-state index is -0.349. The van der Waals surface area contributed by atoms with Crippen molar-refractivity contribution in [1.29, 1.82) is 0 Å². The number of fused-ring (bicyclic) bond motifs is 2. The number of rotatable bonds is 3. The first-order valence-electron chi connectivity index (χ1n) is 8.73. The maximum Gasteiger partial charge on any atom is 0.253 e. The molecule has 2 aromatic carbocycles. The number of hydrogen-bond donors (Lipinski definition) is 1. The number of aromatic nitrogens is 2. The van der Waals surface area contributed by atoms with Gasteiger partial charge in [-0.3, -0.25) is 4.79 Å². The fraction of sp³-hybridized carbons (Fsp3) is 0.300. The molecule has 27 heavy (non-hydrogen) atoms. The number of H-pyrrole nitrogens is 1. The summed E-state index contributed by atoms with van der Waals surface area (Å²) >= 11 is 0. The van der Waals surface area contributed by atoms with E-state index in [2.05, 4.69) is 9.97 Å². The Labute approximate surface area is 155 Å². The molecule has 0 spiro atoms. The number of benzene rings is 2. The lowest BCUT2D eigenvalue weighted by Gasteiger charge is -2.27. The molecule has 1 aromatic heterocycles. The van der Waals surface area contributed by atoms with E-state index in [0.717, 1.165) is 16.9 Å². The van der Waals surface area contributed by atoms with E-state index in [0.29, 0.717) is 35.6 Å². The largest absolute Gasteiger partial charge is 0.493 e. The Morgan fingerprint density at radius 3 is 2.93 bits per heavy atom. The molecule has 0 unspecified atom stereocenters. The summed E-state index contributed by atoms with van der Waals surface area (Å²) in [5, 5.41) is 0. The van der Waals surface area contributed by atoms with Crippen molar-refractivity contribution in [3.05, 3.63) is 53.1 Å². The van der Waals surface area contributed by atoms with Gasteiger partial charge in [0.15, 0.2) is 0 Å². The van der Waals surface area contributed by atoms with Crippen LogP contribution in [0.25, 0.3) is 11.0 Å². The summed E-state index contributed by atoms with van der Waals surface area (Å²) in [5.41, 5.74) is 2.70. The average Bonchev–Trinajstić information content (AvgIpc) is 3.01. The van der Waals surface area contributed by atoms with Crippen LogP contribution in [0.3, 0.4) is 0 Å². The molecule has 1 atom stereocenters. The maximum atomic E-state index is 13.5. The van der Waals surface area contributed by atoms with E-state index >= 15 is 0 Å². The molecule has 6 nitrogen and oxygen atoms in total. The topological polar surface area (TPSA) is 67.5 Å². The highest BCUT2D eigenvalue weighted by Gasteiger charge is 2.25. The summed E-state index contributed by atoms with van der Waals surface area (Å²) in [6.07, 6.45) is 0.314. The van der Waals surface area contributed by atoms with Crippen molar-refractivity contribution in [1.82, 2.24) is 14.9 Å². The van der Waals surface area contributed by atoms with Crippen molar-refractivity contribution < 1.29 is 18.7 Å². The fourth-order valence-corrected chi connectivity index (χ4v) is 3.29. The zero-order chi connectivity index (χ0) is 19.1. The lowest BCUT2D eigenvalue weighted by Crippen LogP contribution is -2.22. The molecule has 2 heterocycles. The number of nitrogens with one attached hydrogen (secondary N) is 1. The van der Waals surface area contributed by atoms with Gasteiger partial charge in [-0.1, -0.05) is 0 Å². The van der Waals surface area contributed by atoms with Crippen molar-refractivity contribution in [3.8, 4) is 11.5 Å². The zero-order valence-electron chi connectivity index (χ0n) is 15.4. The molecular formula is C20H20FN3O3. The predicted molar refractivity (Wildman–Crippen MR) is 98.7 cm³/mol. The second kappa shape index (κ2) is 6.57. The first kappa shape index (κ1) is 17.3. The molecule has 0 bridgehead atoms. The number of carbonyl (C=O) groups excluding carboxylic acids is 1. The van der Waals surface area contributed by atoms with Crippen LogP contribution >= 0.6 is 0 Å². The molecule has 0 saturated carbocycles. The van der Waals surface area contributed by atoms with E-state index in [9.17, 15) is 9.18 Å². The number of ether oxygens (including phenoxy) is 2. The Hall–Kier alpha value is -3.09. The molecule has 0 fully saturated rings. The Kier molecular flexibility index (Phi) is 4.22. The molecule has 1 amide bonds. The highest BCUT2D eigenvalue weighted by Crippen LogP contribution is 2.38. The Morgan fingerprint density at radius 1 is 1.33 bits per heavy atom. The molecular weight excluding hydrogens is 349 g/mol. The molecule has 140 valence electrons. The van der Waals surface area contributed by atoms with Gasteiger partial charge in [0, 0.05) is 37.7 Å². The maximum absolute atomic E-state index is 13.5. The number of carbonyl (C=O) groups is 1. The van der Waals surface area contributed by atoms with Gasteiger partial charge in [-0.05, 0) is 31.2 Å². The monoisotopic (exact) mass is 369 g/mol. The molecule has 0 radical (unpaired) electrons. The number of amides is 1. The van der Waals surface area contributed by atoms with Gasteiger partial charge in [-0.15, -0.1) is 0 Å². The van der Waals surface area contributed by atoms with Gasteiger partial charge in [0.25, 0.3) is 5.91 Å².